The summed E-state index contributed by atoms with van der Waals surface area (Å²) in [5, 5.41) is 0. The molecule has 0 aliphatic carbocycles. The Labute approximate surface area is 361 Å². The van der Waals surface area contributed by atoms with Gasteiger partial charge in [-0.1, -0.05) is 200 Å². The minimum Gasteiger partial charge on any atom is -0.462 e. The topological polar surface area (TPSA) is 78.9 Å². The van der Waals surface area contributed by atoms with E-state index in [0.717, 1.165) is 96.3 Å². The standard InChI is InChI=1S/C53H82O6/c1-4-7-10-13-16-19-22-25-26-29-31-34-37-40-43-46-52(55)58-49-50(59-53(56)47-44-41-38-35-32-28-24-21-18-15-12-9-6-3)48-57-51(54)45-42-39-36-33-30-27-23-20-17-14-11-8-5-2/h8-9,11-12,14-25,28,32,35,38,50H,4-7,10,13,26-27,29-31,33-34,36-37,39-49H2,1-3H3/b11-8-,12-9-,17-14-,18-15-,19-16-,23-20-,24-21-,25-22-,32-28-,38-35-. The van der Waals surface area contributed by atoms with Crippen LogP contribution in [-0.2, 0) is 28.6 Å². The summed E-state index contributed by atoms with van der Waals surface area (Å²) in [4.78, 5) is 37.8. The van der Waals surface area contributed by atoms with Crippen molar-refractivity contribution in [3.8, 4) is 0 Å². The van der Waals surface area contributed by atoms with E-state index in [1.165, 1.54) is 32.1 Å². The monoisotopic (exact) mass is 815 g/mol. The number of carbonyl (C=O) groups excluding carboxylic acids is 3. The van der Waals surface area contributed by atoms with Gasteiger partial charge in [0.1, 0.15) is 13.2 Å². The van der Waals surface area contributed by atoms with Crippen molar-refractivity contribution in [2.45, 2.75) is 181 Å². The fourth-order valence-corrected chi connectivity index (χ4v) is 5.70. The maximum Gasteiger partial charge on any atom is 0.306 e. The Morgan fingerprint density at radius 3 is 1.10 bits per heavy atom. The van der Waals surface area contributed by atoms with E-state index in [1.807, 2.05) is 60.8 Å². The summed E-state index contributed by atoms with van der Waals surface area (Å²) < 4.78 is 16.6. The molecular weight excluding hydrogens is 733 g/mol. The van der Waals surface area contributed by atoms with Gasteiger partial charge in [-0.2, -0.15) is 0 Å². The molecule has 0 heterocycles. The average molecular weight is 815 g/mol. The summed E-state index contributed by atoms with van der Waals surface area (Å²) in [5.41, 5.74) is 0. The van der Waals surface area contributed by atoms with E-state index in [-0.39, 0.29) is 31.6 Å². The summed E-state index contributed by atoms with van der Waals surface area (Å²) in [6.45, 7) is 6.20. The van der Waals surface area contributed by atoms with Gasteiger partial charge < -0.3 is 14.2 Å². The summed E-state index contributed by atoms with van der Waals surface area (Å²) in [7, 11) is 0. The lowest BCUT2D eigenvalue weighted by atomic mass is 10.1. The molecule has 0 aromatic rings. The maximum absolute atomic E-state index is 12.7. The van der Waals surface area contributed by atoms with Gasteiger partial charge in [0.15, 0.2) is 6.10 Å². The Kier molecular flexibility index (Phi) is 43.2. The van der Waals surface area contributed by atoms with Crippen LogP contribution in [0.5, 0.6) is 0 Å². The van der Waals surface area contributed by atoms with Crippen LogP contribution >= 0.6 is 0 Å². The zero-order valence-corrected chi connectivity index (χ0v) is 37.5. The van der Waals surface area contributed by atoms with Gasteiger partial charge in [-0.25, -0.2) is 0 Å². The van der Waals surface area contributed by atoms with Crippen LogP contribution in [0.4, 0.5) is 0 Å². The van der Waals surface area contributed by atoms with E-state index in [9.17, 15) is 14.4 Å². The van der Waals surface area contributed by atoms with Gasteiger partial charge in [0.25, 0.3) is 0 Å². The fraction of sp³-hybridized carbons (Fsp3) is 0.566. The molecule has 0 aliphatic rings. The predicted octanol–water partition coefficient (Wildman–Crippen LogP) is 15.0. The SMILES string of the molecule is CC\C=C/C=C\C=C/C=C\C=C/CCCC(=O)OC(COC(=O)CCCCCCC\C=C/C=C\C=C/CC)COC(=O)CCCCCCCC/C=C\C=C/CCCCC. The van der Waals surface area contributed by atoms with Crippen molar-refractivity contribution in [1.82, 2.24) is 0 Å². The van der Waals surface area contributed by atoms with Gasteiger partial charge in [-0.05, 0) is 77.0 Å². The number of allylic oxidation sites excluding steroid dienone is 20. The molecule has 0 radical (unpaired) electrons. The highest BCUT2D eigenvalue weighted by Crippen LogP contribution is 2.12. The minimum atomic E-state index is -0.830. The number of rotatable bonds is 39. The van der Waals surface area contributed by atoms with Crippen LogP contribution in [0.2, 0.25) is 0 Å². The number of ether oxygens (including phenoxy) is 3. The van der Waals surface area contributed by atoms with Crippen molar-refractivity contribution in [3.05, 3.63) is 122 Å². The lowest BCUT2D eigenvalue weighted by Crippen LogP contribution is -2.30. The summed E-state index contributed by atoms with van der Waals surface area (Å²) >= 11 is 0. The number of carbonyl (C=O) groups is 3. The zero-order chi connectivity index (χ0) is 43.0. The fourth-order valence-electron chi connectivity index (χ4n) is 5.70. The molecule has 0 aromatic heterocycles. The molecule has 0 bridgehead atoms. The van der Waals surface area contributed by atoms with Gasteiger partial charge in [-0.15, -0.1) is 0 Å². The van der Waals surface area contributed by atoms with E-state index in [2.05, 4.69) is 81.5 Å². The normalized spacial score (nSPS) is 13.2. The predicted molar refractivity (Wildman–Crippen MR) is 251 cm³/mol. The first kappa shape index (κ1) is 54.8. The van der Waals surface area contributed by atoms with Crippen LogP contribution in [0.25, 0.3) is 0 Å². The van der Waals surface area contributed by atoms with Crippen molar-refractivity contribution in [3.63, 3.8) is 0 Å². The van der Waals surface area contributed by atoms with E-state index >= 15 is 0 Å². The Hall–Kier alpha value is -4.19. The lowest BCUT2D eigenvalue weighted by molar-refractivity contribution is -0.167. The molecule has 0 aliphatic heterocycles. The Morgan fingerprint density at radius 1 is 0.356 bits per heavy atom. The first-order valence-electron chi connectivity index (χ1n) is 23.2. The molecule has 1 atom stereocenters. The van der Waals surface area contributed by atoms with Gasteiger partial charge in [0, 0.05) is 19.3 Å². The largest absolute Gasteiger partial charge is 0.462 e. The highest BCUT2D eigenvalue weighted by atomic mass is 16.6. The van der Waals surface area contributed by atoms with Crippen molar-refractivity contribution in [1.29, 1.82) is 0 Å². The summed E-state index contributed by atoms with van der Waals surface area (Å²) in [5.74, 6) is -1.04. The number of hydrogen-bond acceptors (Lipinski definition) is 6. The van der Waals surface area contributed by atoms with Gasteiger partial charge in [-0.3, -0.25) is 14.4 Å². The minimum absolute atomic E-state index is 0.124. The van der Waals surface area contributed by atoms with Crippen LogP contribution in [0.3, 0.4) is 0 Å². The van der Waals surface area contributed by atoms with Gasteiger partial charge in [0.05, 0.1) is 0 Å². The highest BCUT2D eigenvalue weighted by Gasteiger charge is 2.19. The van der Waals surface area contributed by atoms with Crippen molar-refractivity contribution in [2.75, 3.05) is 13.2 Å². The van der Waals surface area contributed by atoms with E-state index in [0.29, 0.717) is 19.3 Å². The third kappa shape index (κ3) is 44.8. The van der Waals surface area contributed by atoms with Crippen LogP contribution in [-0.4, -0.2) is 37.2 Å². The Balaban J connectivity index is 4.57. The second-order valence-corrected chi connectivity index (χ2v) is 14.8. The molecule has 0 saturated heterocycles. The second-order valence-electron chi connectivity index (χ2n) is 14.8. The molecule has 0 spiro atoms. The Morgan fingerprint density at radius 2 is 0.678 bits per heavy atom. The molecule has 0 rings (SSSR count). The molecule has 1 unspecified atom stereocenters. The lowest BCUT2D eigenvalue weighted by Gasteiger charge is -2.18. The molecule has 0 saturated carbocycles. The summed E-state index contributed by atoms with van der Waals surface area (Å²) in [6, 6.07) is 0. The van der Waals surface area contributed by atoms with Crippen molar-refractivity contribution < 1.29 is 28.6 Å². The molecule has 6 nitrogen and oxygen atoms in total. The first-order chi connectivity index (χ1) is 29.0. The van der Waals surface area contributed by atoms with Crippen LogP contribution in [0.1, 0.15) is 175 Å². The van der Waals surface area contributed by atoms with Crippen LogP contribution in [0, 0.1) is 0 Å². The van der Waals surface area contributed by atoms with Crippen LogP contribution < -0.4 is 0 Å². The van der Waals surface area contributed by atoms with Crippen LogP contribution in [0.15, 0.2) is 122 Å². The molecular formula is C53H82O6. The number of unbranched alkanes of at least 4 members (excludes halogenated alkanes) is 15. The average Bonchev–Trinajstić information content (AvgIpc) is 3.23. The second kappa shape index (κ2) is 46.5. The van der Waals surface area contributed by atoms with E-state index < -0.39 is 12.1 Å². The number of esters is 3. The third-order valence-electron chi connectivity index (χ3n) is 9.15. The molecule has 6 heteroatoms. The first-order valence-corrected chi connectivity index (χ1v) is 23.2. The summed E-state index contributed by atoms with van der Waals surface area (Å²) in [6.07, 6.45) is 63.3. The van der Waals surface area contributed by atoms with E-state index in [1.54, 1.807) is 0 Å². The highest BCUT2D eigenvalue weighted by molar-refractivity contribution is 5.71. The quantitative estimate of drug-likeness (QED) is 0.0266. The molecule has 0 amide bonds. The smallest absolute Gasteiger partial charge is 0.306 e. The number of hydrogen-bond donors (Lipinski definition) is 0. The molecule has 330 valence electrons. The molecule has 0 fully saturated rings. The van der Waals surface area contributed by atoms with Gasteiger partial charge >= 0.3 is 17.9 Å². The molecule has 0 N–H and O–H groups in total. The molecule has 59 heavy (non-hydrogen) atoms. The molecule has 0 aromatic carbocycles. The maximum atomic E-state index is 12.7. The zero-order valence-electron chi connectivity index (χ0n) is 37.5. The van der Waals surface area contributed by atoms with Crippen molar-refractivity contribution >= 4 is 17.9 Å². The van der Waals surface area contributed by atoms with Gasteiger partial charge in [0.2, 0.25) is 0 Å². The third-order valence-corrected chi connectivity index (χ3v) is 9.15. The Bertz CT molecular complexity index is 1300. The van der Waals surface area contributed by atoms with Crippen molar-refractivity contribution in [2.24, 2.45) is 0 Å². The van der Waals surface area contributed by atoms with E-state index in [4.69, 9.17) is 14.2 Å².